The van der Waals surface area contributed by atoms with Gasteiger partial charge in [-0.25, -0.2) is 0 Å². The zero-order valence-electron chi connectivity index (χ0n) is 20.9. The summed E-state index contributed by atoms with van der Waals surface area (Å²) in [6, 6.07) is 0. The molecule has 0 aromatic heterocycles. The third kappa shape index (κ3) is 27.1. The van der Waals surface area contributed by atoms with Gasteiger partial charge in [0.15, 0.2) is 0 Å². The van der Waals surface area contributed by atoms with Crippen LogP contribution in [0.15, 0.2) is 12.2 Å². The highest BCUT2D eigenvalue weighted by molar-refractivity contribution is 5.69. The van der Waals surface area contributed by atoms with Crippen molar-refractivity contribution in [2.24, 2.45) is 0 Å². The summed E-state index contributed by atoms with van der Waals surface area (Å²) in [6.45, 7) is 3.19. The van der Waals surface area contributed by atoms with E-state index in [1.165, 1.54) is 109 Å². The molecule has 0 atom stereocenters. The van der Waals surface area contributed by atoms with Crippen LogP contribution in [0, 0.1) is 0 Å². The molecular formula is C28H54O3. The standard InChI is InChI=1S/C28H54O3/c1-2-3-4-5-6-7-10-13-16-19-22-25-28(30)31-27-24-21-18-15-12-9-8-11-14-17-20-23-26-29/h5-6,29H,2-4,7-27H2,1H3. The van der Waals surface area contributed by atoms with Gasteiger partial charge in [-0.1, -0.05) is 115 Å². The first kappa shape index (κ1) is 30.2. The fourth-order valence-electron chi connectivity index (χ4n) is 3.86. The molecule has 184 valence electrons. The van der Waals surface area contributed by atoms with Gasteiger partial charge in [-0.2, -0.15) is 0 Å². The molecule has 0 radical (unpaired) electrons. The minimum atomic E-state index is -0.00199. The van der Waals surface area contributed by atoms with Crippen molar-refractivity contribution in [1.29, 1.82) is 0 Å². The van der Waals surface area contributed by atoms with Crippen molar-refractivity contribution in [3.63, 3.8) is 0 Å². The zero-order valence-corrected chi connectivity index (χ0v) is 20.9. The first-order chi connectivity index (χ1) is 15.3. The molecule has 0 aliphatic carbocycles. The molecule has 0 aromatic rings. The lowest BCUT2D eigenvalue weighted by molar-refractivity contribution is -0.143. The highest BCUT2D eigenvalue weighted by Gasteiger charge is 2.02. The number of hydrogen-bond acceptors (Lipinski definition) is 3. The van der Waals surface area contributed by atoms with Crippen LogP contribution in [0.25, 0.3) is 0 Å². The fraction of sp³-hybridized carbons (Fsp3) is 0.893. The number of allylic oxidation sites excluding steroid dienone is 2. The fourth-order valence-corrected chi connectivity index (χ4v) is 3.86. The van der Waals surface area contributed by atoms with Crippen LogP contribution in [0.3, 0.4) is 0 Å². The van der Waals surface area contributed by atoms with Gasteiger partial charge in [0, 0.05) is 13.0 Å². The predicted molar refractivity (Wildman–Crippen MR) is 134 cm³/mol. The molecule has 0 saturated carbocycles. The number of rotatable bonds is 25. The van der Waals surface area contributed by atoms with Gasteiger partial charge in [-0.15, -0.1) is 0 Å². The summed E-state index contributed by atoms with van der Waals surface area (Å²) in [5.74, 6) is -0.00199. The van der Waals surface area contributed by atoms with E-state index in [0.29, 0.717) is 19.6 Å². The Labute approximate surface area is 194 Å². The van der Waals surface area contributed by atoms with E-state index in [1.807, 2.05) is 0 Å². The first-order valence-electron chi connectivity index (χ1n) is 13.7. The van der Waals surface area contributed by atoms with E-state index in [2.05, 4.69) is 19.1 Å². The zero-order chi connectivity index (χ0) is 22.7. The number of hydrogen-bond donors (Lipinski definition) is 1. The number of esters is 1. The molecule has 0 aromatic carbocycles. The molecule has 0 fully saturated rings. The van der Waals surface area contributed by atoms with E-state index < -0.39 is 0 Å². The lowest BCUT2D eigenvalue weighted by Crippen LogP contribution is -2.05. The molecule has 0 spiro atoms. The SMILES string of the molecule is CCCCC=CCCCCCCCC(=O)OCCCCCCCCCCCCCCO. The molecule has 0 rings (SSSR count). The van der Waals surface area contributed by atoms with Crippen LogP contribution in [0.4, 0.5) is 0 Å². The molecule has 3 nitrogen and oxygen atoms in total. The quantitative estimate of drug-likeness (QED) is 0.0880. The summed E-state index contributed by atoms with van der Waals surface area (Å²) >= 11 is 0. The summed E-state index contributed by atoms with van der Waals surface area (Å²) in [4.78, 5) is 11.8. The maximum absolute atomic E-state index is 11.8. The van der Waals surface area contributed by atoms with Crippen LogP contribution in [0.5, 0.6) is 0 Å². The maximum Gasteiger partial charge on any atom is 0.305 e. The number of carbonyl (C=O) groups is 1. The van der Waals surface area contributed by atoms with Gasteiger partial charge in [0.2, 0.25) is 0 Å². The van der Waals surface area contributed by atoms with Crippen molar-refractivity contribution < 1.29 is 14.6 Å². The highest BCUT2D eigenvalue weighted by Crippen LogP contribution is 2.12. The third-order valence-electron chi connectivity index (χ3n) is 5.96. The summed E-state index contributed by atoms with van der Waals surface area (Å²) in [5.41, 5.74) is 0. The van der Waals surface area contributed by atoms with Crippen LogP contribution < -0.4 is 0 Å². The first-order valence-corrected chi connectivity index (χ1v) is 13.7. The molecule has 0 aliphatic rings. The van der Waals surface area contributed by atoms with E-state index in [4.69, 9.17) is 9.84 Å². The van der Waals surface area contributed by atoms with E-state index >= 15 is 0 Å². The van der Waals surface area contributed by atoms with Crippen molar-refractivity contribution in [1.82, 2.24) is 0 Å². The summed E-state index contributed by atoms with van der Waals surface area (Å²) in [6.07, 6.45) is 31.1. The van der Waals surface area contributed by atoms with Gasteiger partial charge in [-0.3, -0.25) is 4.79 Å². The minimum Gasteiger partial charge on any atom is -0.466 e. The molecular weight excluding hydrogens is 384 g/mol. The van der Waals surface area contributed by atoms with Crippen molar-refractivity contribution >= 4 is 5.97 Å². The molecule has 31 heavy (non-hydrogen) atoms. The Hall–Kier alpha value is -0.830. The van der Waals surface area contributed by atoms with Crippen molar-refractivity contribution in [2.75, 3.05) is 13.2 Å². The smallest absolute Gasteiger partial charge is 0.305 e. The van der Waals surface area contributed by atoms with Crippen molar-refractivity contribution in [3.05, 3.63) is 12.2 Å². The normalized spacial score (nSPS) is 11.4. The Kier molecular flexibility index (Phi) is 26.5. The molecule has 0 heterocycles. The summed E-state index contributed by atoms with van der Waals surface area (Å²) < 4.78 is 5.37. The van der Waals surface area contributed by atoms with Crippen LogP contribution in [0.1, 0.15) is 148 Å². The number of carbonyl (C=O) groups excluding carboxylic acids is 1. The Morgan fingerprint density at radius 1 is 0.613 bits per heavy atom. The number of ether oxygens (including phenoxy) is 1. The molecule has 0 amide bonds. The monoisotopic (exact) mass is 438 g/mol. The maximum atomic E-state index is 11.8. The van der Waals surface area contributed by atoms with E-state index in [-0.39, 0.29) is 5.97 Å². The van der Waals surface area contributed by atoms with Gasteiger partial charge in [0.05, 0.1) is 6.61 Å². The van der Waals surface area contributed by atoms with Crippen LogP contribution in [-0.2, 0) is 9.53 Å². The molecule has 3 heteroatoms. The van der Waals surface area contributed by atoms with Gasteiger partial charge in [0.25, 0.3) is 0 Å². The molecule has 0 bridgehead atoms. The number of aliphatic hydroxyl groups excluding tert-OH is 1. The average Bonchev–Trinajstić information content (AvgIpc) is 2.77. The lowest BCUT2D eigenvalue weighted by Gasteiger charge is -2.05. The van der Waals surface area contributed by atoms with Crippen molar-refractivity contribution in [3.8, 4) is 0 Å². The van der Waals surface area contributed by atoms with Gasteiger partial charge >= 0.3 is 5.97 Å². The highest BCUT2D eigenvalue weighted by atomic mass is 16.5. The van der Waals surface area contributed by atoms with Gasteiger partial charge in [0.1, 0.15) is 0 Å². The molecule has 0 saturated heterocycles. The van der Waals surface area contributed by atoms with Gasteiger partial charge < -0.3 is 9.84 Å². The van der Waals surface area contributed by atoms with E-state index in [1.54, 1.807) is 0 Å². The van der Waals surface area contributed by atoms with Gasteiger partial charge in [-0.05, 0) is 38.5 Å². The van der Waals surface area contributed by atoms with Crippen LogP contribution in [-0.4, -0.2) is 24.3 Å². The third-order valence-corrected chi connectivity index (χ3v) is 5.96. The second-order valence-electron chi connectivity index (χ2n) is 9.11. The summed E-state index contributed by atoms with van der Waals surface area (Å²) in [7, 11) is 0. The Morgan fingerprint density at radius 2 is 1.06 bits per heavy atom. The van der Waals surface area contributed by atoms with E-state index in [0.717, 1.165) is 25.7 Å². The lowest BCUT2D eigenvalue weighted by atomic mass is 10.1. The Morgan fingerprint density at radius 3 is 1.61 bits per heavy atom. The van der Waals surface area contributed by atoms with Crippen LogP contribution in [0.2, 0.25) is 0 Å². The predicted octanol–water partition coefficient (Wildman–Crippen LogP) is 8.68. The Balaban J connectivity index is 3.17. The minimum absolute atomic E-state index is 0.00199. The molecule has 0 unspecified atom stereocenters. The summed E-state index contributed by atoms with van der Waals surface area (Å²) in [5, 5.41) is 8.74. The second-order valence-corrected chi connectivity index (χ2v) is 9.11. The largest absolute Gasteiger partial charge is 0.466 e. The topological polar surface area (TPSA) is 46.5 Å². The second kappa shape index (κ2) is 27.2. The number of aliphatic hydroxyl groups is 1. The number of unbranched alkanes of at least 4 members (excludes halogenated alkanes) is 18. The molecule has 1 N–H and O–H groups in total. The average molecular weight is 439 g/mol. The van der Waals surface area contributed by atoms with E-state index in [9.17, 15) is 4.79 Å². The van der Waals surface area contributed by atoms with Crippen molar-refractivity contribution in [2.45, 2.75) is 148 Å². The molecule has 0 aliphatic heterocycles. The van der Waals surface area contributed by atoms with Crippen LogP contribution >= 0.6 is 0 Å². The Bertz CT molecular complexity index is 378.